The standard InChI is InChI=1S/C18H19N3O3S/c22-16(11-15-12-25-18-19-8-9-21(15)18)20-14(6-7-17(23)24)10-13-4-2-1-3-5-13/h1-5,8-9,12,14H,6-7,10-11H2,(H,20,22)(H,23,24). The molecule has 0 radical (unpaired) electrons. The maximum atomic E-state index is 12.4. The Morgan fingerprint density at radius 3 is 2.84 bits per heavy atom. The van der Waals surface area contributed by atoms with Crippen LogP contribution in [0, 0.1) is 0 Å². The van der Waals surface area contributed by atoms with E-state index in [-0.39, 0.29) is 24.8 Å². The van der Waals surface area contributed by atoms with Crippen LogP contribution in [-0.2, 0) is 22.4 Å². The Morgan fingerprint density at radius 2 is 2.08 bits per heavy atom. The van der Waals surface area contributed by atoms with E-state index in [1.54, 1.807) is 6.20 Å². The summed E-state index contributed by atoms with van der Waals surface area (Å²) in [7, 11) is 0. The lowest BCUT2D eigenvalue weighted by molar-refractivity contribution is -0.137. The van der Waals surface area contributed by atoms with Crippen molar-refractivity contribution >= 4 is 28.2 Å². The topological polar surface area (TPSA) is 83.7 Å². The van der Waals surface area contributed by atoms with Gasteiger partial charge in [-0.15, -0.1) is 11.3 Å². The number of nitrogens with one attached hydrogen (secondary N) is 1. The lowest BCUT2D eigenvalue weighted by Crippen LogP contribution is -2.38. The smallest absolute Gasteiger partial charge is 0.303 e. The van der Waals surface area contributed by atoms with E-state index in [4.69, 9.17) is 5.11 Å². The molecular weight excluding hydrogens is 338 g/mol. The van der Waals surface area contributed by atoms with Crippen LogP contribution >= 0.6 is 11.3 Å². The average Bonchev–Trinajstić information content (AvgIpc) is 3.19. The van der Waals surface area contributed by atoms with Gasteiger partial charge in [-0.2, -0.15) is 0 Å². The Hall–Kier alpha value is -2.67. The predicted molar refractivity (Wildman–Crippen MR) is 95.7 cm³/mol. The number of hydrogen-bond donors (Lipinski definition) is 2. The Bertz CT molecular complexity index is 857. The number of amides is 1. The molecule has 0 saturated carbocycles. The molecule has 1 aromatic carbocycles. The van der Waals surface area contributed by atoms with Crippen LogP contribution in [0.25, 0.3) is 4.96 Å². The van der Waals surface area contributed by atoms with E-state index in [1.165, 1.54) is 11.3 Å². The zero-order chi connectivity index (χ0) is 17.6. The summed E-state index contributed by atoms with van der Waals surface area (Å²) in [5.74, 6) is -0.968. The quantitative estimate of drug-likeness (QED) is 0.649. The minimum absolute atomic E-state index is 0.0298. The van der Waals surface area contributed by atoms with Crippen molar-refractivity contribution in [3.63, 3.8) is 0 Å². The van der Waals surface area contributed by atoms with Crippen molar-refractivity contribution in [1.82, 2.24) is 14.7 Å². The molecule has 1 unspecified atom stereocenters. The molecule has 0 bridgehead atoms. The zero-order valence-electron chi connectivity index (χ0n) is 13.6. The lowest BCUT2D eigenvalue weighted by Gasteiger charge is -2.18. The molecule has 0 fully saturated rings. The molecule has 0 aliphatic carbocycles. The minimum Gasteiger partial charge on any atom is -0.481 e. The van der Waals surface area contributed by atoms with Gasteiger partial charge in [0.25, 0.3) is 0 Å². The third-order valence-corrected chi connectivity index (χ3v) is 4.86. The number of hydrogen-bond acceptors (Lipinski definition) is 4. The van der Waals surface area contributed by atoms with Crippen LogP contribution in [0.4, 0.5) is 0 Å². The van der Waals surface area contributed by atoms with Crippen LogP contribution in [0.15, 0.2) is 48.1 Å². The Morgan fingerprint density at radius 1 is 1.28 bits per heavy atom. The number of fused-ring (bicyclic) bond motifs is 1. The molecule has 0 saturated heterocycles. The van der Waals surface area contributed by atoms with E-state index in [0.29, 0.717) is 12.8 Å². The van der Waals surface area contributed by atoms with Gasteiger partial charge in [-0.3, -0.25) is 14.0 Å². The molecule has 1 atom stereocenters. The van der Waals surface area contributed by atoms with Crippen molar-refractivity contribution in [1.29, 1.82) is 0 Å². The first-order chi connectivity index (χ1) is 12.1. The van der Waals surface area contributed by atoms with Gasteiger partial charge < -0.3 is 10.4 Å². The fraction of sp³-hybridized carbons (Fsp3) is 0.278. The van der Waals surface area contributed by atoms with E-state index in [0.717, 1.165) is 16.2 Å². The second kappa shape index (κ2) is 7.94. The molecule has 0 aliphatic rings. The number of imidazole rings is 1. The maximum absolute atomic E-state index is 12.4. The molecule has 25 heavy (non-hydrogen) atoms. The van der Waals surface area contributed by atoms with Gasteiger partial charge in [-0.1, -0.05) is 30.3 Å². The molecule has 2 N–H and O–H groups in total. The summed E-state index contributed by atoms with van der Waals surface area (Å²) in [6, 6.07) is 9.56. The molecule has 6 nitrogen and oxygen atoms in total. The zero-order valence-corrected chi connectivity index (χ0v) is 14.4. The van der Waals surface area contributed by atoms with Gasteiger partial charge in [0, 0.05) is 35.9 Å². The second-order valence-corrected chi connectivity index (χ2v) is 6.71. The number of carbonyl (C=O) groups excluding carboxylic acids is 1. The highest BCUT2D eigenvalue weighted by Crippen LogP contribution is 2.15. The first kappa shape index (κ1) is 17.2. The number of carboxylic acids is 1. The number of carbonyl (C=O) groups is 2. The monoisotopic (exact) mass is 357 g/mol. The maximum Gasteiger partial charge on any atom is 0.303 e. The Kier molecular flexibility index (Phi) is 5.45. The number of nitrogens with zero attached hydrogens (tertiary/aromatic N) is 2. The summed E-state index contributed by atoms with van der Waals surface area (Å²) in [6.45, 7) is 0. The van der Waals surface area contributed by atoms with Gasteiger partial charge in [0.15, 0.2) is 4.96 Å². The van der Waals surface area contributed by atoms with Crippen LogP contribution < -0.4 is 5.32 Å². The highest BCUT2D eigenvalue weighted by Gasteiger charge is 2.16. The highest BCUT2D eigenvalue weighted by molar-refractivity contribution is 7.15. The fourth-order valence-corrected chi connectivity index (χ4v) is 3.62. The van der Waals surface area contributed by atoms with Gasteiger partial charge in [0.1, 0.15) is 0 Å². The number of carboxylic acid groups (broad SMARTS) is 1. The summed E-state index contributed by atoms with van der Waals surface area (Å²) >= 11 is 1.49. The molecule has 2 heterocycles. The SMILES string of the molecule is O=C(O)CCC(Cc1ccccc1)NC(=O)Cc1csc2nccn12. The van der Waals surface area contributed by atoms with Gasteiger partial charge in [0.05, 0.1) is 6.42 Å². The molecule has 2 aromatic heterocycles. The van der Waals surface area contributed by atoms with Crippen molar-refractivity contribution in [3.8, 4) is 0 Å². The molecule has 3 aromatic rings. The predicted octanol–water partition coefficient (Wildman–Crippen LogP) is 2.53. The summed E-state index contributed by atoms with van der Waals surface area (Å²) < 4.78 is 1.90. The first-order valence-corrected chi connectivity index (χ1v) is 8.94. The summed E-state index contributed by atoms with van der Waals surface area (Å²) in [4.78, 5) is 28.4. The van der Waals surface area contributed by atoms with Gasteiger partial charge >= 0.3 is 5.97 Å². The van der Waals surface area contributed by atoms with Crippen LogP contribution in [0.3, 0.4) is 0 Å². The number of thiazole rings is 1. The largest absolute Gasteiger partial charge is 0.481 e. The number of benzene rings is 1. The van der Waals surface area contributed by atoms with Crippen LogP contribution in [-0.4, -0.2) is 32.4 Å². The van der Waals surface area contributed by atoms with Gasteiger partial charge in [-0.25, -0.2) is 4.98 Å². The van der Waals surface area contributed by atoms with Crippen LogP contribution in [0.2, 0.25) is 0 Å². The van der Waals surface area contributed by atoms with Gasteiger partial charge in [-0.05, 0) is 18.4 Å². The van der Waals surface area contributed by atoms with Crippen molar-refractivity contribution in [3.05, 3.63) is 59.4 Å². The van der Waals surface area contributed by atoms with E-state index < -0.39 is 5.97 Å². The van der Waals surface area contributed by atoms with Crippen molar-refractivity contribution < 1.29 is 14.7 Å². The highest BCUT2D eigenvalue weighted by atomic mass is 32.1. The fourth-order valence-electron chi connectivity index (χ4n) is 2.76. The van der Waals surface area contributed by atoms with E-state index in [9.17, 15) is 9.59 Å². The van der Waals surface area contributed by atoms with Crippen molar-refractivity contribution in [2.24, 2.45) is 0 Å². The molecule has 7 heteroatoms. The molecule has 0 aliphatic heterocycles. The van der Waals surface area contributed by atoms with Crippen molar-refractivity contribution in [2.45, 2.75) is 31.7 Å². The lowest BCUT2D eigenvalue weighted by atomic mass is 10.0. The number of rotatable bonds is 8. The van der Waals surface area contributed by atoms with Crippen LogP contribution in [0.1, 0.15) is 24.1 Å². The van der Waals surface area contributed by atoms with E-state index >= 15 is 0 Å². The molecule has 130 valence electrons. The summed E-state index contributed by atoms with van der Waals surface area (Å²) in [5.41, 5.74) is 1.96. The Labute approximate surface area is 149 Å². The molecule has 0 spiro atoms. The van der Waals surface area contributed by atoms with E-state index in [2.05, 4.69) is 10.3 Å². The Balaban J connectivity index is 1.64. The molecular formula is C18H19N3O3S. The summed E-state index contributed by atoms with van der Waals surface area (Å²) in [5, 5.41) is 13.8. The number of aromatic nitrogens is 2. The third kappa shape index (κ3) is 4.67. The molecule has 1 amide bonds. The minimum atomic E-state index is -0.856. The number of aliphatic carboxylic acids is 1. The first-order valence-electron chi connectivity index (χ1n) is 8.06. The van der Waals surface area contributed by atoms with E-state index in [1.807, 2.05) is 46.3 Å². The van der Waals surface area contributed by atoms with Crippen LogP contribution in [0.5, 0.6) is 0 Å². The summed E-state index contributed by atoms with van der Waals surface area (Å²) in [6.07, 6.45) is 4.83. The third-order valence-electron chi connectivity index (χ3n) is 3.95. The van der Waals surface area contributed by atoms with Gasteiger partial charge in [0.2, 0.25) is 5.91 Å². The normalized spacial score (nSPS) is 12.2. The van der Waals surface area contributed by atoms with Crippen molar-refractivity contribution in [2.75, 3.05) is 0 Å². The second-order valence-electron chi connectivity index (χ2n) is 5.87. The average molecular weight is 357 g/mol. The molecule has 3 rings (SSSR count).